The third-order valence-electron chi connectivity index (χ3n) is 6.32. The minimum absolute atomic E-state index is 0.00270. The maximum atomic E-state index is 13.4. The molecule has 0 amide bonds. The van der Waals surface area contributed by atoms with Gasteiger partial charge in [0.15, 0.2) is 0 Å². The standard InChI is InChI=1S/C22H18BrN2O6P/c1-3-12-13-7-11(23)5-6-17(13)24-19-14(12)9-25-18(19)8-16-15(20(25)26)10-30-21(27)22(16,4-2)31-32(28)29/h5-8H,3-4,9-10H2,1-2H3/t22-/m0/s1. The zero-order valence-corrected chi connectivity index (χ0v) is 19.8. The number of benzene rings is 1. The first-order chi connectivity index (χ1) is 15.3. The first-order valence-corrected chi connectivity index (χ1v) is 12.1. The van der Waals surface area contributed by atoms with Crippen molar-refractivity contribution in [2.75, 3.05) is 0 Å². The average Bonchev–Trinajstić information content (AvgIpc) is 3.12. The van der Waals surface area contributed by atoms with Crippen molar-refractivity contribution in [2.24, 2.45) is 0 Å². The van der Waals surface area contributed by atoms with Crippen molar-refractivity contribution in [3.8, 4) is 11.4 Å². The van der Waals surface area contributed by atoms with Crippen LogP contribution in [0, 0.1) is 0 Å². The molecule has 4 heterocycles. The largest absolute Gasteiger partial charge is 0.566 e. The fourth-order valence-electron chi connectivity index (χ4n) is 4.80. The molecule has 0 aliphatic carbocycles. The lowest BCUT2D eigenvalue weighted by Gasteiger charge is -2.31. The van der Waals surface area contributed by atoms with E-state index in [1.54, 1.807) is 17.6 Å². The summed E-state index contributed by atoms with van der Waals surface area (Å²) in [5.74, 6) is -0.820. The monoisotopic (exact) mass is 516 g/mol. The molecule has 164 valence electrons. The molecular formula is C22H18BrN2O6P. The van der Waals surface area contributed by atoms with Gasteiger partial charge in [0, 0.05) is 21.0 Å². The second-order valence-corrected chi connectivity index (χ2v) is 9.36. The van der Waals surface area contributed by atoms with Gasteiger partial charge >= 0.3 is 14.2 Å². The normalized spacial score (nSPS) is 19.4. The molecule has 5 rings (SSSR count). The summed E-state index contributed by atoms with van der Waals surface area (Å²) in [5.41, 5.74) is 2.28. The summed E-state index contributed by atoms with van der Waals surface area (Å²) >= 11 is 3.51. The van der Waals surface area contributed by atoms with Crippen LogP contribution in [-0.2, 0) is 43.8 Å². The van der Waals surface area contributed by atoms with Crippen LogP contribution in [0.1, 0.15) is 42.5 Å². The van der Waals surface area contributed by atoms with Crippen LogP contribution in [0.4, 0.5) is 0 Å². The summed E-state index contributed by atoms with van der Waals surface area (Å²) in [4.78, 5) is 42.4. The Kier molecular flexibility index (Phi) is 5.05. The molecule has 0 N–H and O–H groups in total. The summed E-state index contributed by atoms with van der Waals surface area (Å²) < 4.78 is 24.3. The molecular weight excluding hydrogens is 499 g/mol. The third kappa shape index (κ3) is 2.92. The van der Waals surface area contributed by atoms with E-state index in [-0.39, 0.29) is 29.7 Å². The van der Waals surface area contributed by atoms with Crippen molar-refractivity contribution in [1.29, 1.82) is 0 Å². The van der Waals surface area contributed by atoms with E-state index >= 15 is 0 Å². The highest BCUT2D eigenvalue weighted by atomic mass is 79.9. The summed E-state index contributed by atoms with van der Waals surface area (Å²) in [6.07, 6.45) is 0.748. The van der Waals surface area contributed by atoms with Crippen LogP contribution in [-0.4, -0.2) is 15.5 Å². The molecule has 0 fully saturated rings. The number of halogens is 1. The predicted molar refractivity (Wildman–Crippen MR) is 118 cm³/mol. The first kappa shape index (κ1) is 21.4. The highest BCUT2D eigenvalue weighted by Gasteiger charge is 2.52. The molecule has 1 aromatic carbocycles. The van der Waals surface area contributed by atoms with E-state index < -0.39 is 19.8 Å². The van der Waals surface area contributed by atoms with E-state index in [1.807, 2.05) is 18.2 Å². The number of carbonyl (C=O) groups is 1. The number of fused-ring (bicyclic) bond motifs is 5. The van der Waals surface area contributed by atoms with Gasteiger partial charge in [-0.05, 0) is 47.2 Å². The number of nitrogens with zero attached hydrogens (tertiary/aromatic N) is 2. The van der Waals surface area contributed by atoms with Crippen LogP contribution in [0.3, 0.4) is 0 Å². The molecule has 10 heteroatoms. The molecule has 32 heavy (non-hydrogen) atoms. The van der Waals surface area contributed by atoms with Crippen molar-refractivity contribution in [3.05, 3.63) is 61.3 Å². The predicted octanol–water partition coefficient (Wildman–Crippen LogP) is 3.45. The molecule has 0 bridgehead atoms. The van der Waals surface area contributed by atoms with Gasteiger partial charge in [-0.1, -0.05) is 29.8 Å². The van der Waals surface area contributed by atoms with Gasteiger partial charge in [-0.3, -0.25) is 4.79 Å². The summed E-state index contributed by atoms with van der Waals surface area (Å²) in [5, 5.41) is 1.01. The molecule has 0 spiro atoms. The van der Waals surface area contributed by atoms with E-state index in [9.17, 15) is 19.0 Å². The number of hydrogen-bond acceptors (Lipinski definition) is 7. The van der Waals surface area contributed by atoms with Gasteiger partial charge in [0.05, 0.1) is 29.0 Å². The van der Waals surface area contributed by atoms with E-state index in [1.165, 1.54) is 0 Å². The van der Waals surface area contributed by atoms with Crippen molar-refractivity contribution in [1.82, 2.24) is 9.55 Å². The van der Waals surface area contributed by atoms with E-state index in [0.717, 1.165) is 32.9 Å². The zero-order chi connectivity index (χ0) is 22.8. The molecule has 2 aliphatic heterocycles. The number of rotatable bonds is 4. The Bertz CT molecular complexity index is 1400. The second-order valence-electron chi connectivity index (χ2n) is 7.82. The van der Waals surface area contributed by atoms with Crippen molar-refractivity contribution < 1.29 is 23.5 Å². The molecule has 3 aromatic rings. The maximum Gasteiger partial charge on any atom is 0.490 e. The third-order valence-corrected chi connectivity index (χ3v) is 7.27. The number of pyridine rings is 2. The summed E-state index contributed by atoms with van der Waals surface area (Å²) in [6.45, 7) is 3.79. The SMILES string of the molecule is CCc1c2c(nc3ccc(Br)cc13)-c1cc3c(c(=O)n1C2)COC(=O)[C@@]3(CC)O[P+](=O)[O-]. The van der Waals surface area contributed by atoms with Gasteiger partial charge in [-0.2, -0.15) is 0 Å². The van der Waals surface area contributed by atoms with E-state index in [4.69, 9.17) is 14.2 Å². The van der Waals surface area contributed by atoms with Gasteiger partial charge in [-0.25, -0.2) is 9.78 Å². The van der Waals surface area contributed by atoms with Gasteiger partial charge in [0.25, 0.3) is 5.56 Å². The lowest BCUT2D eigenvalue weighted by molar-refractivity contribution is -0.207. The number of aryl methyl sites for hydroxylation is 1. The molecule has 1 unspecified atom stereocenters. The molecule has 0 radical (unpaired) electrons. The van der Waals surface area contributed by atoms with E-state index in [0.29, 0.717) is 17.9 Å². The van der Waals surface area contributed by atoms with Gasteiger partial charge < -0.3 is 14.2 Å². The van der Waals surface area contributed by atoms with Gasteiger partial charge in [0.1, 0.15) is 6.61 Å². The highest BCUT2D eigenvalue weighted by molar-refractivity contribution is 9.10. The van der Waals surface area contributed by atoms with Crippen LogP contribution in [0.15, 0.2) is 33.5 Å². The molecule has 0 saturated heterocycles. The number of aromatic nitrogens is 2. The number of ether oxygens (including phenoxy) is 1. The average molecular weight is 517 g/mol. The maximum absolute atomic E-state index is 13.4. The van der Waals surface area contributed by atoms with Crippen LogP contribution in [0.5, 0.6) is 0 Å². The van der Waals surface area contributed by atoms with Gasteiger partial charge in [0.2, 0.25) is 5.60 Å². The Hall–Kier alpha value is -2.45. The summed E-state index contributed by atoms with van der Waals surface area (Å²) in [6, 6.07) is 7.51. The molecule has 2 atom stereocenters. The second kappa shape index (κ2) is 7.56. The fourth-order valence-corrected chi connectivity index (χ4v) is 5.72. The first-order valence-electron chi connectivity index (χ1n) is 10.2. The van der Waals surface area contributed by atoms with Crippen LogP contribution < -0.4 is 10.5 Å². The molecule has 2 aromatic heterocycles. The van der Waals surface area contributed by atoms with Crippen LogP contribution in [0.2, 0.25) is 0 Å². The summed E-state index contributed by atoms with van der Waals surface area (Å²) in [7, 11) is -3.36. The number of hydrogen-bond donors (Lipinski definition) is 0. The van der Waals surface area contributed by atoms with Crippen LogP contribution >= 0.6 is 24.2 Å². The van der Waals surface area contributed by atoms with E-state index in [2.05, 4.69) is 22.9 Å². The van der Waals surface area contributed by atoms with Crippen LogP contribution in [0.25, 0.3) is 22.3 Å². The molecule has 2 aliphatic rings. The Morgan fingerprint density at radius 1 is 1.28 bits per heavy atom. The topological polar surface area (TPSA) is 111 Å². The minimum Gasteiger partial charge on any atom is -0.566 e. The zero-order valence-electron chi connectivity index (χ0n) is 17.3. The molecule has 8 nitrogen and oxygen atoms in total. The van der Waals surface area contributed by atoms with Crippen molar-refractivity contribution in [2.45, 2.75) is 45.4 Å². The Balaban J connectivity index is 1.82. The van der Waals surface area contributed by atoms with Crippen molar-refractivity contribution in [3.63, 3.8) is 0 Å². The lowest BCUT2D eigenvalue weighted by atomic mass is 9.86. The number of carbonyl (C=O) groups excluding carboxylic acids is 1. The quantitative estimate of drug-likeness (QED) is 0.301. The number of esters is 1. The minimum atomic E-state index is -3.36. The lowest BCUT2D eigenvalue weighted by Crippen LogP contribution is -2.45. The van der Waals surface area contributed by atoms with Gasteiger partial charge in [-0.15, -0.1) is 4.52 Å². The van der Waals surface area contributed by atoms with Crippen molar-refractivity contribution >= 4 is 41.1 Å². The Labute approximate surface area is 192 Å². The smallest absolute Gasteiger partial charge is 0.490 e. The highest BCUT2D eigenvalue weighted by Crippen LogP contribution is 2.44. The Morgan fingerprint density at radius 3 is 2.75 bits per heavy atom. The molecule has 0 saturated carbocycles. The fraction of sp³-hybridized carbons (Fsp3) is 0.318. The Morgan fingerprint density at radius 2 is 2.06 bits per heavy atom. The number of cyclic esters (lactones) is 1.